The minimum atomic E-state index is -0.0302. The van der Waals surface area contributed by atoms with Crippen LogP contribution in [0.5, 0.6) is 0 Å². The van der Waals surface area contributed by atoms with Crippen LogP contribution in [0.25, 0.3) is 0 Å². The number of rotatable bonds is 5. The number of hydrogen-bond donors (Lipinski definition) is 2. The zero-order chi connectivity index (χ0) is 15.4. The maximum Gasteiger partial charge on any atom is 0.0732 e. The van der Waals surface area contributed by atoms with Crippen molar-refractivity contribution in [2.75, 3.05) is 0 Å². The Bertz CT molecular complexity index is 597. The smallest absolute Gasteiger partial charge is 0.0732 e. The lowest BCUT2D eigenvalue weighted by atomic mass is 9.98. The first kappa shape index (κ1) is 16.6. The van der Waals surface area contributed by atoms with E-state index in [0.717, 1.165) is 21.1 Å². The summed E-state index contributed by atoms with van der Waals surface area (Å²) in [6.45, 7) is 4.39. The molecule has 0 aliphatic heterocycles. The third-order valence-electron chi connectivity index (χ3n) is 3.45. The first-order valence-corrected chi connectivity index (χ1v) is 8.45. The maximum absolute atomic E-state index is 5.72. The topological polar surface area (TPSA) is 50.9 Å². The van der Waals surface area contributed by atoms with Crippen molar-refractivity contribution in [3.05, 3.63) is 62.3 Å². The highest BCUT2D eigenvalue weighted by Crippen LogP contribution is 2.26. The summed E-state index contributed by atoms with van der Waals surface area (Å²) >= 11 is 6.96. The van der Waals surface area contributed by atoms with Gasteiger partial charge in [0.1, 0.15) is 0 Å². The molecule has 0 saturated carbocycles. The molecule has 0 fully saturated rings. The molecule has 0 bridgehead atoms. The lowest BCUT2D eigenvalue weighted by Gasteiger charge is -2.17. The molecule has 2 aromatic rings. The van der Waals surface area contributed by atoms with Crippen molar-refractivity contribution in [1.29, 1.82) is 0 Å². The van der Waals surface area contributed by atoms with Crippen LogP contribution in [0.3, 0.4) is 0 Å². The standard InChI is InChI=1S/C16H19Br2N3/c1-10(2)12-5-3-11(4-6-12)7-15(21-19)16-14(18)8-13(17)9-20-16/h3-6,8-10,15,21H,7,19H2,1-2H3. The SMILES string of the molecule is CC(C)c1ccc(CC(NN)c2ncc(Br)cc2Br)cc1. The molecule has 3 N–H and O–H groups in total. The molecule has 21 heavy (non-hydrogen) atoms. The van der Waals surface area contributed by atoms with Gasteiger partial charge in [-0.15, -0.1) is 0 Å². The second kappa shape index (κ2) is 7.49. The molecule has 1 unspecified atom stereocenters. The molecule has 1 aromatic heterocycles. The normalized spacial score (nSPS) is 12.7. The zero-order valence-electron chi connectivity index (χ0n) is 12.1. The van der Waals surface area contributed by atoms with Gasteiger partial charge in [-0.05, 0) is 61.4 Å². The van der Waals surface area contributed by atoms with E-state index >= 15 is 0 Å². The molecule has 0 saturated heterocycles. The van der Waals surface area contributed by atoms with Crippen LogP contribution >= 0.6 is 31.9 Å². The van der Waals surface area contributed by atoms with Gasteiger partial charge >= 0.3 is 0 Å². The van der Waals surface area contributed by atoms with Crippen molar-refractivity contribution in [3.63, 3.8) is 0 Å². The summed E-state index contributed by atoms with van der Waals surface area (Å²) in [5, 5.41) is 0. The van der Waals surface area contributed by atoms with E-state index in [1.165, 1.54) is 11.1 Å². The van der Waals surface area contributed by atoms with Gasteiger partial charge in [-0.3, -0.25) is 16.3 Å². The first-order chi connectivity index (χ1) is 10.0. The summed E-state index contributed by atoms with van der Waals surface area (Å²) < 4.78 is 1.88. The Labute approximate surface area is 142 Å². The molecule has 2 rings (SSSR count). The predicted molar refractivity (Wildman–Crippen MR) is 93.9 cm³/mol. The van der Waals surface area contributed by atoms with Crippen LogP contribution in [0.2, 0.25) is 0 Å². The second-order valence-electron chi connectivity index (χ2n) is 5.34. The van der Waals surface area contributed by atoms with E-state index < -0.39 is 0 Å². The van der Waals surface area contributed by atoms with Gasteiger partial charge in [0.2, 0.25) is 0 Å². The van der Waals surface area contributed by atoms with Crippen LogP contribution in [0, 0.1) is 0 Å². The molecular weight excluding hydrogens is 394 g/mol. The van der Waals surface area contributed by atoms with Gasteiger partial charge in [-0.2, -0.15) is 0 Å². The molecule has 0 radical (unpaired) electrons. The van der Waals surface area contributed by atoms with E-state index in [9.17, 15) is 0 Å². The number of hydrazine groups is 1. The zero-order valence-corrected chi connectivity index (χ0v) is 15.3. The van der Waals surface area contributed by atoms with Crippen LogP contribution in [0.1, 0.15) is 42.6 Å². The van der Waals surface area contributed by atoms with Gasteiger partial charge in [-0.1, -0.05) is 38.1 Å². The molecular formula is C16H19Br2N3. The number of benzene rings is 1. The molecule has 0 aliphatic rings. The van der Waals surface area contributed by atoms with Crippen LogP contribution in [0.4, 0.5) is 0 Å². The van der Waals surface area contributed by atoms with Gasteiger partial charge in [0.25, 0.3) is 0 Å². The third kappa shape index (κ3) is 4.36. The Kier molecular flexibility index (Phi) is 5.93. The fraction of sp³-hybridized carbons (Fsp3) is 0.312. The molecule has 0 spiro atoms. The van der Waals surface area contributed by atoms with Crippen LogP contribution in [-0.4, -0.2) is 4.98 Å². The van der Waals surface area contributed by atoms with Crippen molar-refractivity contribution in [1.82, 2.24) is 10.4 Å². The Morgan fingerprint density at radius 1 is 1.19 bits per heavy atom. The molecule has 0 aliphatic carbocycles. The fourth-order valence-corrected chi connectivity index (χ4v) is 3.45. The lowest BCUT2D eigenvalue weighted by molar-refractivity contribution is 0.536. The Morgan fingerprint density at radius 3 is 2.38 bits per heavy atom. The van der Waals surface area contributed by atoms with Gasteiger partial charge in [0, 0.05) is 15.1 Å². The third-order valence-corrected chi connectivity index (χ3v) is 4.52. The summed E-state index contributed by atoms with van der Waals surface area (Å²) in [7, 11) is 0. The summed E-state index contributed by atoms with van der Waals surface area (Å²) in [6, 6.07) is 10.6. The molecule has 0 amide bonds. The Morgan fingerprint density at radius 2 is 1.86 bits per heavy atom. The van der Waals surface area contributed by atoms with Crippen LogP contribution < -0.4 is 11.3 Å². The van der Waals surface area contributed by atoms with E-state index in [-0.39, 0.29) is 6.04 Å². The number of halogens is 2. The Hall–Kier alpha value is -0.750. The minimum Gasteiger partial charge on any atom is -0.271 e. The summed E-state index contributed by atoms with van der Waals surface area (Å²) in [5.74, 6) is 6.26. The van der Waals surface area contributed by atoms with E-state index in [1.807, 2.05) is 6.07 Å². The molecule has 1 atom stereocenters. The Balaban J connectivity index is 2.18. The largest absolute Gasteiger partial charge is 0.271 e. The highest BCUT2D eigenvalue weighted by atomic mass is 79.9. The number of pyridine rings is 1. The highest BCUT2D eigenvalue weighted by molar-refractivity contribution is 9.11. The van der Waals surface area contributed by atoms with E-state index in [1.54, 1.807) is 6.20 Å². The minimum absolute atomic E-state index is 0.0302. The number of hydrogen-bond acceptors (Lipinski definition) is 3. The number of nitrogens with one attached hydrogen (secondary N) is 1. The average Bonchev–Trinajstić information content (AvgIpc) is 2.46. The summed E-state index contributed by atoms with van der Waals surface area (Å²) in [5.41, 5.74) is 6.35. The maximum atomic E-state index is 5.72. The summed E-state index contributed by atoms with van der Waals surface area (Å²) in [4.78, 5) is 4.45. The molecule has 112 valence electrons. The van der Waals surface area contributed by atoms with Gasteiger partial charge in [-0.25, -0.2) is 0 Å². The number of aromatic nitrogens is 1. The molecule has 5 heteroatoms. The highest BCUT2D eigenvalue weighted by Gasteiger charge is 2.15. The average molecular weight is 413 g/mol. The summed E-state index contributed by atoms with van der Waals surface area (Å²) in [6.07, 6.45) is 2.58. The van der Waals surface area contributed by atoms with E-state index in [0.29, 0.717) is 5.92 Å². The molecule has 1 heterocycles. The monoisotopic (exact) mass is 411 g/mol. The van der Waals surface area contributed by atoms with E-state index in [2.05, 4.69) is 80.4 Å². The van der Waals surface area contributed by atoms with Crippen molar-refractivity contribution in [2.24, 2.45) is 5.84 Å². The van der Waals surface area contributed by atoms with E-state index in [4.69, 9.17) is 5.84 Å². The van der Waals surface area contributed by atoms with Gasteiger partial charge in [0.15, 0.2) is 0 Å². The van der Waals surface area contributed by atoms with Gasteiger partial charge in [0.05, 0.1) is 11.7 Å². The lowest BCUT2D eigenvalue weighted by Crippen LogP contribution is -2.30. The predicted octanol–water partition coefficient (Wildman–Crippen LogP) is 4.48. The second-order valence-corrected chi connectivity index (χ2v) is 7.11. The van der Waals surface area contributed by atoms with Gasteiger partial charge < -0.3 is 0 Å². The number of nitrogens with two attached hydrogens (primary N) is 1. The van der Waals surface area contributed by atoms with Crippen molar-refractivity contribution >= 4 is 31.9 Å². The van der Waals surface area contributed by atoms with Crippen LogP contribution in [0.15, 0.2) is 45.5 Å². The van der Waals surface area contributed by atoms with Crippen LogP contribution in [-0.2, 0) is 6.42 Å². The molecule has 3 nitrogen and oxygen atoms in total. The quantitative estimate of drug-likeness (QED) is 0.562. The molecule has 1 aromatic carbocycles. The fourth-order valence-electron chi connectivity index (χ4n) is 2.19. The van der Waals surface area contributed by atoms with Crippen molar-refractivity contribution in [3.8, 4) is 0 Å². The van der Waals surface area contributed by atoms with Crippen molar-refractivity contribution in [2.45, 2.75) is 32.2 Å². The first-order valence-electron chi connectivity index (χ1n) is 6.87. The number of nitrogens with zero attached hydrogens (tertiary/aromatic N) is 1. The van der Waals surface area contributed by atoms with Crippen molar-refractivity contribution < 1.29 is 0 Å².